The van der Waals surface area contributed by atoms with E-state index >= 15 is 0 Å². The van der Waals surface area contributed by atoms with E-state index in [9.17, 15) is 14.0 Å². The smallest absolute Gasteiger partial charge is 0.274 e. The molecule has 1 atom stereocenters. The molecule has 1 N–H and O–H groups in total. The molecule has 1 unspecified atom stereocenters. The van der Waals surface area contributed by atoms with Gasteiger partial charge in [-0.15, -0.1) is 0 Å². The number of nitrogens with one attached hydrogen (secondary N) is 1. The van der Waals surface area contributed by atoms with Crippen molar-refractivity contribution >= 4 is 29.1 Å². The molecule has 0 saturated carbocycles. The third-order valence-electron chi connectivity index (χ3n) is 1.98. The fourth-order valence-electron chi connectivity index (χ4n) is 1.18. The maximum atomic E-state index is 12.4. The lowest BCUT2D eigenvalue weighted by Gasteiger charge is -2.11. The summed E-state index contributed by atoms with van der Waals surface area (Å²) < 4.78 is 12.4. The zero-order valence-electron chi connectivity index (χ0n) is 9.41. The molecular weight excluding hydrogens is 247 g/mol. The van der Waals surface area contributed by atoms with E-state index < -0.39 is 11.5 Å². The van der Waals surface area contributed by atoms with Gasteiger partial charge in [0.05, 0.1) is 0 Å². The van der Waals surface area contributed by atoms with Crippen LogP contribution in [-0.2, 0) is 4.79 Å². The molecule has 1 aromatic rings. The summed E-state index contributed by atoms with van der Waals surface area (Å²) in [6.45, 7) is 0. The summed E-state index contributed by atoms with van der Waals surface area (Å²) in [6.07, 6.45) is 0. The van der Waals surface area contributed by atoms with Gasteiger partial charge in [0.15, 0.2) is 0 Å². The van der Waals surface area contributed by atoms with E-state index in [-0.39, 0.29) is 5.91 Å². The Balaban J connectivity index is 2.86. The van der Waals surface area contributed by atoms with Crippen LogP contribution in [0, 0.1) is 0 Å². The molecule has 0 saturated heterocycles. The highest BCUT2D eigenvalue weighted by molar-refractivity contribution is 6.31. The largest absolute Gasteiger partial charge is 0.345 e. The van der Waals surface area contributed by atoms with Gasteiger partial charge < -0.3 is 10.2 Å². The molecule has 0 spiro atoms. The number of carbonyl (C=O) groups excluding carboxylic acids is 2. The Morgan fingerprint density at radius 2 is 2.06 bits per heavy atom. The summed E-state index contributed by atoms with van der Waals surface area (Å²) in [5.41, 5.74) is -1.38. The van der Waals surface area contributed by atoms with E-state index in [1.54, 1.807) is 32.3 Å². The summed E-state index contributed by atoms with van der Waals surface area (Å²) in [4.78, 5) is 24.0. The first-order valence-electron chi connectivity index (χ1n) is 4.82. The molecule has 0 aliphatic heterocycles. The molecule has 0 aliphatic carbocycles. The van der Waals surface area contributed by atoms with Crippen LogP contribution in [0.15, 0.2) is 24.3 Å². The van der Waals surface area contributed by atoms with Crippen LogP contribution in [0.2, 0.25) is 0 Å². The van der Waals surface area contributed by atoms with E-state index in [1.165, 1.54) is 11.0 Å². The van der Waals surface area contributed by atoms with Crippen molar-refractivity contribution in [3.8, 4) is 0 Å². The van der Waals surface area contributed by atoms with Crippen LogP contribution in [0.1, 0.15) is 10.4 Å². The summed E-state index contributed by atoms with van der Waals surface area (Å²) in [6, 6.07) is 6.20. The minimum atomic E-state index is -2.11. The molecule has 1 aromatic carbocycles. The van der Waals surface area contributed by atoms with Crippen LogP contribution < -0.4 is 5.32 Å². The Morgan fingerprint density at radius 3 is 2.59 bits per heavy atom. The lowest BCUT2D eigenvalue weighted by Crippen LogP contribution is -2.22. The maximum absolute atomic E-state index is 12.4. The molecule has 2 amide bonds. The minimum absolute atomic E-state index is 0.205. The summed E-state index contributed by atoms with van der Waals surface area (Å²) >= 11 is 4.98. The van der Waals surface area contributed by atoms with Gasteiger partial charge in [-0.3, -0.25) is 9.59 Å². The second kappa shape index (κ2) is 5.63. The van der Waals surface area contributed by atoms with Crippen molar-refractivity contribution in [1.82, 2.24) is 4.90 Å². The monoisotopic (exact) mass is 258 g/mol. The van der Waals surface area contributed by atoms with Crippen LogP contribution in [0.25, 0.3) is 0 Å². The van der Waals surface area contributed by atoms with Crippen molar-refractivity contribution in [3.05, 3.63) is 29.8 Å². The molecule has 0 radical (unpaired) electrons. The topological polar surface area (TPSA) is 49.4 Å². The molecule has 1 rings (SSSR count). The van der Waals surface area contributed by atoms with E-state index in [0.29, 0.717) is 11.3 Å². The minimum Gasteiger partial charge on any atom is -0.345 e. The lowest BCUT2D eigenvalue weighted by molar-refractivity contribution is -0.118. The van der Waals surface area contributed by atoms with Gasteiger partial charge in [0.2, 0.25) is 0 Å². The van der Waals surface area contributed by atoms with Crippen LogP contribution in [-0.4, -0.2) is 36.4 Å². The van der Waals surface area contributed by atoms with Crippen LogP contribution in [0.4, 0.5) is 10.1 Å². The molecule has 4 nitrogen and oxygen atoms in total. The maximum Gasteiger partial charge on any atom is 0.274 e. The molecule has 0 fully saturated rings. The van der Waals surface area contributed by atoms with Gasteiger partial charge in [0.25, 0.3) is 17.4 Å². The first kappa shape index (κ1) is 13.4. The van der Waals surface area contributed by atoms with Gasteiger partial charge in [0, 0.05) is 25.3 Å². The number of amides is 2. The Hall–Kier alpha value is -1.62. The Labute approximate surface area is 103 Å². The number of halogens is 2. The van der Waals surface area contributed by atoms with Gasteiger partial charge >= 0.3 is 0 Å². The number of hydrogen-bond acceptors (Lipinski definition) is 2. The predicted octanol–water partition coefficient (Wildman–Crippen LogP) is 1.86. The van der Waals surface area contributed by atoms with E-state index in [1.807, 2.05) is 0 Å². The number of rotatable bonds is 3. The average molecular weight is 259 g/mol. The second-order valence-corrected chi connectivity index (χ2v) is 3.95. The highest BCUT2D eigenvalue weighted by Crippen LogP contribution is 2.13. The van der Waals surface area contributed by atoms with Crippen molar-refractivity contribution in [1.29, 1.82) is 0 Å². The van der Waals surface area contributed by atoms with Gasteiger partial charge in [-0.25, -0.2) is 4.39 Å². The summed E-state index contributed by atoms with van der Waals surface area (Å²) in [7, 11) is 3.23. The summed E-state index contributed by atoms with van der Waals surface area (Å²) in [5, 5.41) is 2.26. The van der Waals surface area contributed by atoms with Gasteiger partial charge in [-0.05, 0) is 18.2 Å². The normalized spacial score (nSPS) is 11.8. The van der Waals surface area contributed by atoms with E-state index in [2.05, 4.69) is 5.32 Å². The second-order valence-electron chi connectivity index (χ2n) is 3.57. The Bertz CT molecular complexity index is 435. The van der Waals surface area contributed by atoms with Crippen molar-refractivity contribution in [2.45, 2.75) is 5.63 Å². The number of alkyl halides is 2. The third kappa shape index (κ3) is 3.71. The highest BCUT2D eigenvalue weighted by atomic mass is 35.5. The first-order valence-corrected chi connectivity index (χ1v) is 5.26. The van der Waals surface area contributed by atoms with Crippen molar-refractivity contribution < 1.29 is 14.0 Å². The number of anilines is 1. The zero-order valence-corrected chi connectivity index (χ0v) is 10.2. The van der Waals surface area contributed by atoms with Gasteiger partial charge in [0.1, 0.15) is 0 Å². The highest BCUT2D eigenvalue weighted by Gasteiger charge is 2.14. The third-order valence-corrected chi connectivity index (χ3v) is 2.18. The molecule has 0 bridgehead atoms. The number of nitrogens with zero attached hydrogens (tertiary/aromatic N) is 1. The van der Waals surface area contributed by atoms with E-state index in [4.69, 9.17) is 11.6 Å². The van der Waals surface area contributed by atoms with Gasteiger partial charge in [-0.1, -0.05) is 17.7 Å². The standard InChI is InChI=1S/C11H12ClFN2O2/c1-15(2)11(17)7-4-3-5-8(6-7)14-10(16)9(12)13/h3-6,9H,1-2H3,(H,14,16). The first-order chi connectivity index (χ1) is 7.91. The molecular formula is C11H12ClFN2O2. The fraction of sp³-hybridized carbons (Fsp3) is 0.273. The summed E-state index contributed by atoms with van der Waals surface area (Å²) in [5.74, 6) is -1.16. The molecule has 0 aliphatic rings. The number of hydrogen-bond donors (Lipinski definition) is 1. The molecule has 0 heterocycles. The van der Waals surface area contributed by atoms with Crippen LogP contribution >= 0.6 is 11.6 Å². The van der Waals surface area contributed by atoms with Crippen LogP contribution in [0.3, 0.4) is 0 Å². The van der Waals surface area contributed by atoms with E-state index in [0.717, 1.165) is 0 Å². The quantitative estimate of drug-likeness (QED) is 0.842. The lowest BCUT2D eigenvalue weighted by atomic mass is 10.2. The Kier molecular flexibility index (Phi) is 4.45. The Morgan fingerprint density at radius 1 is 1.41 bits per heavy atom. The number of carbonyl (C=O) groups is 2. The molecule has 0 aromatic heterocycles. The SMILES string of the molecule is CN(C)C(=O)c1cccc(NC(=O)C(F)Cl)c1. The average Bonchev–Trinajstić information content (AvgIpc) is 2.28. The van der Waals surface area contributed by atoms with Gasteiger partial charge in [-0.2, -0.15) is 0 Å². The zero-order chi connectivity index (χ0) is 13.0. The van der Waals surface area contributed by atoms with Crippen molar-refractivity contribution in [3.63, 3.8) is 0 Å². The number of benzene rings is 1. The molecule has 6 heteroatoms. The van der Waals surface area contributed by atoms with Crippen LogP contribution in [0.5, 0.6) is 0 Å². The molecule has 92 valence electrons. The molecule has 17 heavy (non-hydrogen) atoms. The fourth-order valence-corrected chi connectivity index (χ4v) is 1.24. The predicted molar refractivity (Wildman–Crippen MR) is 63.8 cm³/mol. The van der Waals surface area contributed by atoms with Crippen molar-refractivity contribution in [2.24, 2.45) is 0 Å². The van der Waals surface area contributed by atoms with Crippen molar-refractivity contribution in [2.75, 3.05) is 19.4 Å².